The van der Waals surface area contributed by atoms with E-state index in [4.69, 9.17) is 16.3 Å². The SMILES string of the molecule is COc1ccc(NCCC(=O)NC2CCCCC2)cc1Cl. The number of ether oxygens (including phenoxy) is 1. The summed E-state index contributed by atoms with van der Waals surface area (Å²) in [6, 6.07) is 5.89. The fourth-order valence-electron chi connectivity index (χ4n) is 2.64. The molecule has 0 unspecified atom stereocenters. The molecule has 2 N–H and O–H groups in total. The van der Waals surface area contributed by atoms with Crippen molar-refractivity contribution in [2.75, 3.05) is 19.0 Å². The van der Waals surface area contributed by atoms with Crippen LogP contribution in [-0.2, 0) is 4.79 Å². The Bertz CT molecular complexity index is 473. The predicted octanol–water partition coefficient (Wildman–Crippen LogP) is 3.60. The van der Waals surface area contributed by atoms with E-state index in [-0.39, 0.29) is 5.91 Å². The average Bonchev–Trinajstić information content (AvgIpc) is 2.48. The molecule has 4 nitrogen and oxygen atoms in total. The summed E-state index contributed by atoms with van der Waals surface area (Å²) >= 11 is 6.06. The molecule has 21 heavy (non-hydrogen) atoms. The number of anilines is 1. The molecular formula is C16H23ClN2O2. The highest BCUT2D eigenvalue weighted by Gasteiger charge is 2.15. The lowest BCUT2D eigenvalue weighted by Gasteiger charge is -2.22. The Balaban J connectivity index is 1.70. The first-order chi connectivity index (χ1) is 10.2. The van der Waals surface area contributed by atoms with E-state index in [1.54, 1.807) is 13.2 Å². The van der Waals surface area contributed by atoms with Gasteiger partial charge >= 0.3 is 0 Å². The summed E-state index contributed by atoms with van der Waals surface area (Å²) in [7, 11) is 1.59. The smallest absolute Gasteiger partial charge is 0.221 e. The normalized spacial score (nSPS) is 15.5. The molecule has 1 fully saturated rings. The van der Waals surface area contributed by atoms with Crippen molar-refractivity contribution in [3.8, 4) is 5.75 Å². The van der Waals surface area contributed by atoms with Gasteiger partial charge in [-0.05, 0) is 31.0 Å². The average molecular weight is 311 g/mol. The molecule has 0 bridgehead atoms. The van der Waals surface area contributed by atoms with Crippen molar-refractivity contribution in [3.63, 3.8) is 0 Å². The number of rotatable bonds is 6. The van der Waals surface area contributed by atoms with E-state index in [1.807, 2.05) is 12.1 Å². The fraction of sp³-hybridized carbons (Fsp3) is 0.562. The first-order valence-electron chi connectivity index (χ1n) is 7.56. The maximum atomic E-state index is 11.9. The zero-order valence-electron chi connectivity index (χ0n) is 12.5. The Labute approximate surface area is 131 Å². The van der Waals surface area contributed by atoms with Crippen LogP contribution in [-0.4, -0.2) is 25.6 Å². The lowest BCUT2D eigenvalue weighted by atomic mass is 9.95. The van der Waals surface area contributed by atoms with Gasteiger partial charge in [0.2, 0.25) is 5.91 Å². The Morgan fingerprint density at radius 2 is 2.10 bits per heavy atom. The second-order valence-electron chi connectivity index (χ2n) is 5.43. The number of halogens is 1. The summed E-state index contributed by atoms with van der Waals surface area (Å²) in [5.74, 6) is 0.770. The van der Waals surface area contributed by atoms with Crippen molar-refractivity contribution in [2.24, 2.45) is 0 Å². The number of carbonyl (C=O) groups is 1. The molecule has 1 saturated carbocycles. The quantitative estimate of drug-likeness (QED) is 0.844. The third kappa shape index (κ3) is 5.12. The molecule has 1 aromatic rings. The van der Waals surface area contributed by atoms with Crippen molar-refractivity contribution >= 4 is 23.2 Å². The molecule has 0 heterocycles. The minimum Gasteiger partial charge on any atom is -0.495 e. The van der Waals surface area contributed by atoms with Gasteiger partial charge in [-0.1, -0.05) is 30.9 Å². The highest BCUT2D eigenvalue weighted by atomic mass is 35.5. The van der Waals surface area contributed by atoms with Crippen LogP contribution in [0.25, 0.3) is 0 Å². The first kappa shape index (κ1) is 16.0. The summed E-state index contributed by atoms with van der Waals surface area (Å²) in [5, 5.41) is 6.88. The second kappa shape index (κ2) is 8.13. The zero-order chi connectivity index (χ0) is 15.1. The van der Waals surface area contributed by atoms with Crippen LogP contribution in [0.4, 0.5) is 5.69 Å². The van der Waals surface area contributed by atoms with E-state index in [0.29, 0.717) is 29.8 Å². The van der Waals surface area contributed by atoms with Crippen LogP contribution in [0.5, 0.6) is 5.75 Å². The Hall–Kier alpha value is -1.42. The van der Waals surface area contributed by atoms with E-state index in [2.05, 4.69) is 10.6 Å². The Morgan fingerprint density at radius 1 is 1.33 bits per heavy atom. The fourth-order valence-corrected chi connectivity index (χ4v) is 2.90. The van der Waals surface area contributed by atoms with Crippen LogP contribution >= 0.6 is 11.6 Å². The first-order valence-corrected chi connectivity index (χ1v) is 7.93. The molecule has 0 saturated heterocycles. The predicted molar refractivity (Wildman–Crippen MR) is 86.1 cm³/mol. The summed E-state index contributed by atoms with van der Waals surface area (Å²) in [6.45, 7) is 0.598. The third-order valence-corrected chi connectivity index (χ3v) is 4.10. The van der Waals surface area contributed by atoms with Gasteiger partial charge in [0, 0.05) is 24.7 Å². The molecule has 1 aromatic carbocycles. The molecule has 1 aliphatic rings. The zero-order valence-corrected chi connectivity index (χ0v) is 13.2. The van der Waals surface area contributed by atoms with Gasteiger partial charge in [-0.2, -0.15) is 0 Å². The van der Waals surface area contributed by atoms with Crippen molar-refractivity contribution in [2.45, 2.75) is 44.6 Å². The molecule has 1 aliphatic carbocycles. The lowest BCUT2D eigenvalue weighted by molar-refractivity contribution is -0.121. The van der Waals surface area contributed by atoms with E-state index >= 15 is 0 Å². The van der Waals surface area contributed by atoms with Crippen molar-refractivity contribution in [1.82, 2.24) is 5.32 Å². The monoisotopic (exact) mass is 310 g/mol. The number of hydrogen-bond donors (Lipinski definition) is 2. The summed E-state index contributed by atoms with van der Waals surface area (Å²) in [5.41, 5.74) is 0.895. The molecular weight excluding hydrogens is 288 g/mol. The molecule has 1 amide bonds. The second-order valence-corrected chi connectivity index (χ2v) is 5.84. The van der Waals surface area contributed by atoms with Crippen LogP contribution in [0.2, 0.25) is 5.02 Å². The largest absolute Gasteiger partial charge is 0.495 e. The standard InChI is InChI=1S/C16H23ClN2O2/c1-21-15-8-7-13(11-14(15)17)18-10-9-16(20)19-12-5-3-2-4-6-12/h7-8,11-12,18H,2-6,9-10H2,1H3,(H,19,20). The van der Waals surface area contributed by atoms with Gasteiger partial charge in [0.25, 0.3) is 0 Å². The maximum Gasteiger partial charge on any atom is 0.221 e. The van der Waals surface area contributed by atoms with Gasteiger partial charge < -0.3 is 15.4 Å². The number of amides is 1. The van der Waals surface area contributed by atoms with Crippen LogP contribution in [0.1, 0.15) is 38.5 Å². The topological polar surface area (TPSA) is 50.4 Å². The highest BCUT2D eigenvalue weighted by Crippen LogP contribution is 2.27. The number of benzene rings is 1. The molecule has 0 aromatic heterocycles. The molecule has 116 valence electrons. The minimum atomic E-state index is 0.119. The van der Waals surface area contributed by atoms with Gasteiger partial charge in [0.15, 0.2) is 0 Å². The van der Waals surface area contributed by atoms with Gasteiger partial charge in [0.1, 0.15) is 5.75 Å². The molecule has 0 atom stereocenters. The van der Waals surface area contributed by atoms with E-state index < -0.39 is 0 Å². The molecule has 0 radical (unpaired) electrons. The van der Waals surface area contributed by atoms with Crippen LogP contribution in [0, 0.1) is 0 Å². The maximum absolute atomic E-state index is 11.9. The summed E-state index contributed by atoms with van der Waals surface area (Å²) in [6.07, 6.45) is 6.47. The van der Waals surface area contributed by atoms with Gasteiger partial charge in [0.05, 0.1) is 12.1 Å². The van der Waals surface area contributed by atoms with Crippen molar-refractivity contribution in [3.05, 3.63) is 23.2 Å². The molecule has 0 aliphatic heterocycles. The molecule has 2 rings (SSSR count). The Morgan fingerprint density at radius 3 is 2.76 bits per heavy atom. The lowest BCUT2D eigenvalue weighted by Crippen LogP contribution is -2.36. The highest BCUT2D eigenvalue weighted by molar-refractivity contribution is 6.32. The number of methoxy groups -OCH3 is 1. The number of nitrogens with one attached hydrogen (secondary N) is 2. The van der Waals surface area contributed by atoms with Crippen LogP contribution in [0.15, 0.2) is 18.2 Å². The van der Waals surface area contributed by atoms with E-state index in [0.717, 1.165) is 18.5 Å². The van der Waals surface area contributed by atoms with Crippen molar-refractivity contribution in [1.29, 1.82) is 0 Å². The third-order valence-electron chi connectivity index (χ3n) is 3.80. The van der Waals surface area contributed by atoms with Crippen molar-refractivity contribution < 1.29 is 9.53 Å². The van der Waals surface area contributed by atoms with Crippen LogP contribution in [0.3, 0.4) is 0 Å². The summed E-state index contributed by atoms with van der Waals surface area (Å²) < 4.78 is 5.10. The van der Waals surface area contributed by atoms with E-state index in [9.17, 15) is 4.79 Å². The molecule has 5 heteroatoms. The van der Waals surface area contributed by atoms with E-state index in [1.165, 1.54) is 19.3 Å². The molecule has 0 spiro atoms. The minimum absolute atomic E-state index is 0.119. The van der Waals surface area contributed by atoms with Gasteiger partial charge in [-0.3, -0.25) is 4.79 Å². The van der Waals surface area contributed by atoms with Crippen LogP contribution < -0.4 is 15.4 Å². The number of hydrogen-bond acceptors (Lipinski definition) is 3. The van der Waals surface area contributed by atoms with Gasteiger partial charge in [-0.25, -0.2) is 0 Å². The summed E-state index contributed by atoms with van der Waals surface area (Å²) in [4.78, 5) is 11.9. The van der Waals surface area contributed by atoms with Gasteiger partial charge in [-0.15, -0.1) is 0 Å². The number of carbonyl (C=O) groups excluding carboxylic acids is 1. The Kier molecular flexibility index (Phi) is 6.18.